The molecule has 5 nitrogen and oxygen atoms in total. The van der Waals surface area contributed by atoms with Gasteiger partial charge < -0.3 is 15.7 Å². The largest absolute Gasteiger partial charge is 0.481 e. The first kappa shape index (κ1) is 16.8. The lowest BCUT2D eigenvalue weighted by atomic mass is 10.0. The molecule has 1 aromatic rings. The van der Waals surface area contributed by atoms with Crippen LogP contribution in [0, 0.1) is 0 Å². The molecule has 0 aliphatic rings. The molecule has 0 saturated heterocycles. The number of halogens is 3. The molecule has 8 heteroatoms. The molecule has 1 aromatic carbocycles. The summed E-state index contributed by atoms with van der Waals surface area (Å²) in [5, 5.41) is 13.3. The molecule has 0 atom stereocenters. The van der Waals surface area contributed by atoms with Gasteiger partial charge in [0, 0.05) is 11.2 Å². The number of carbonyl (C=O) groups is 2. The molecule has 116 valence electrons. The number of anilines is 1. The molecule has 0 saturated carbocycles. The average molecular weight is 304 g/mol. The van der Waals surface area contributed by atoms with E-state index in [4.69, 9.17) is 5.11 Å². The molecule has 0 bridgehead atoms. The maximum atomic E-state index is 12.5. The molecule has 0 aliphatic carbocycles. The van der Waals surface area contributed by atoms with Crippen molar-refractivity contribution in [1.82, 2.24) is 5.32 Å². The Hall–Kier alpha value is -2.25. The quantitative estimate of drug-likeness (QED) is 0.800. The molecule has 0 aliphatic heterocycles. The topological polar surface area (TPSA) is 78.4 Å². The average Bonchev–Trinajstić information content (AvgIpc) is 2.24. The minimum absolute atomic E-state index is 0.0338. The van der Waals surface area contributed by atoms with Crippen molar-refractivity contribution in [2.75, 3.05) is 5.32 Å². The van der Waals surface area contributed by atoms with Crippen LogP contribution in [0.3, 0.4) is 0 Å². The van der Waals surface area contributed by atoms with Crippen LogP contribution < -0.4 is 10.6 Å². The maximum absolute atomic E-state index is 12.5. The van der Waals surface area contributed by atoms with Crippen LogP contribution in [0.5, 0.6) is 0 Å². The molecule has 0 aromatic heterocycles. The van der Waals surface area contributed by atoms with Gasteiger partial charge in [0.25, 0.3) is 0 Å². The van der Waals surface area contributed by atoms with E-state index in [0.29, 0.717) is 0 Å². The Balaban J connectivity index is 2.74. The number of hydrogen-bond donors (Lipinski definition) is 3. The minimum Gasteiger partial charge on any atom is -0.481 e. The lowest BCUT2D eigenvalue weighted by molar-refractivity contribution is -0.138. The fourth-order valence-electron chi connectivity index (χ4n) is 1.67. The lowest BCUT2D eigenvalue weighted by Gasteiger charge is -2.24. The number of alkyl halides is 3. The van der Waals surface area contributed by atoms with Crippen molar-refractivity contribution in [2.45, 2.75) is 32.0 Å². The van der Waals surface area contributed by atoms with Crippen molar-refractivity contribution >= 4 is 17.7 Å². The van der Waals surface area contributed by atoms with E-state index in [2.05, 4.69) is 10.6 Å². The van der Waals surface area contributed by atoms with Gasteiger partial charge in [-0.3, -0.25) is 4.79 Å². The first-order valence-corrected chi connectivity index (χ1v) is 5.98. The molecule has 1 rings (SSSR count). The van der Waals surface area contributed by atoms with Crippen molar-refractivity contribution in [1.29, 1.82) is 0 Å². The molecule has 2 amide bonds. The SMILES string of the molecule is CC(C)(CC(=O)O)NC(=O)Nc1cccc(C(F)(F)F)c1. The summed E-state index contributed by atoms with van der Waals surface area (Å²) in [5.41, 5.74) is -1.95. The van der Waals surface area contributed by atoms with E-state index in [1.807, 2.05) is 0 Å². The Labute approximate surface area is 119 Å². The highest BCUT2D eigenvalue weighted by Gasteiger charge is 2.30. The van der Waals surface area contributed by atoms with Gasteiger partial charge in [-0.15, -0.1) is 0 Å². The molecule has 0 heterocycles. The van der Waals surface area contributed by atoms with Gasteiger partial charge >= 0.3 is 18.2 Å². The summed E-state index contributed by atoms with van der Waals surface area (Å²) >= 11 is 0. The van der Waals surface area contributed by atoms with Gasteiger partial charge in [0.05, 0.1) is 12.0 Å². The highest BCUT2D eigenvalue weighted by atomic mass is 19.4. The third-order valence-electron chi connectivity index (χ3n) is 2.49. The van der Waals surface area contributed by atoms with E-state index in [1.165, 1.54) is 26.0 Å². The van der Waals surface area contributed by atoms with Crippen LogP contribution in [0.1, 0.15) is 25.8 Å². The van der Waals surface area contributed by atoms with Gasteiger partial charge in [-0.1, -0.05) is 6.07 Å². The molecular weight excluding hydrogens is 289 g/mol. The van der Waals surface area contributed by atoms with E-state index in [9.17, 15) is 22.8 Å². The highest BCUT2D eigenvalue weighted by Crippen LogP contribution is 2.30. The van der Waals surface area contributed by atoms with E-state index in [0.717, 1.165) is 12.1 Å². The van der Waals surface area contributed by atoms with Crippen LogP contribution in [0.2, 0.25) is 0 Å². The van der Waals surface area contributed by atoms with E-state index >= 15 is 0 Å². The zero-order chi connectivity index (χ0) is 16.3. The Morgan fingerprint density at radius 3 is 2.38 bits per heavy atom. The molecule has 21 heavy (non-hydrogen) atoms. The molecule has 0 unspecified atom stereocenters. The highest BCUT2D eigenvalue weighted by molar-refractivity contribution is 5.90. The van der Waals surface area contributed by atoms with Gasteiger partial charge in [0.2, 0.25) is 0 Å². The Kier molecular flexibility index (Phi) is 4.82. The van der Waals surface area contributed by atoms with Crippen molar-refractivity contribution in [2.24, 2.45) is 0 Å². The first-order chi connectivity index (χ1) is 9.49. The van der Waals surface area contributed by atoms with Crippen LogP contribution in [0.4, 0.5) is 23.7 Å². The van der Waals surface area contributed by atoms with Gasteiger partial charge in [-0.2, -0.15) is 13.2 Å². The molecule has 3 N–H and O–H groups in total. The van der Waals surface area contributed by atoms with Crippen molar-refractivity contribution in [3.05, 3.63) is 29.8 Å². The second-order valence-corrected chi connectivity index (χ2v) is 5.11. The lowest BCUT2D eigenvalue weighted by Crippen LogP contribution is -2.46. The monoisotopic (exact) mass is 304 g/mol. The predicted octanol–water partition coefficient (Wildman–Crippen LogP) is 3.08. The van der Waals surface area contributed by atoms with E-state index < -0.39 is 29.3 Å². The number of carboxylic acid groups (broad SMARTS) is 1. The number of aliphatic carboxylic acids is 1. The van der Waals surface area contributed by atoms with Crippen molar-refractivity contribution in [3.8, 4) is 0 Å². The number of hydrogen-bond acceptors (Lipinski definition) is 2. The first-order valence-electron chi connectivity index (χ1n) is 5.98. The van der Waals surface area contributed by atoms with Gasteiger partial charge in [0.15, 0.2) is 0 Å². The predicted molar refractivity (Wildman–Crippen MR) is 69.9 cm³/mol. The second-order valence-electron chi connectivity index (χ2n) is 5.11. The maximum Gasteiger partial charge on any atom is 0.416 e. The summed E-state index contributed by atoms with van der Waals surface area (Å²) in [6.07, 6.45) is -4.82. The standard InChI is InChI=1S/C13H15F3N2O3/c1-12(2,7-10(19)20)18-11(21)17-9-5-3-4-8(6-9)13(14,15)16/h3-6H,7H2,1-2H3,(H,19,20)(H2,17,18,21). The zero-order valence-corrected chi connectivity index (χ0v) is 11.4. The third-order valence-corrected chi connectivity index (χ3v) is 2.49. The van der Waals surface area contributed by atoms with E-state index in [-0.39, 0.29) is 12.1 Å². The van der Waals surface area contributed by atoms with E-state index in [1.54, 1.807) is 0 Å². The summed E-state index contributed by atoms with van der Waals surface area (Å²) in [5.74, 6) is -1.10. The fraction of sp³-hybridized carbons (Fsp3) is 0.385. The summed E-state index contributed by atoms with van der Waals surface area (Å²) in [6.45, 7) is 2.99. The van der Waals surface area contributed by atoms with Crippen LogP contribution >= 0.6 is 0 Å². The number of urea groups is 1. The molecule has 0 radical (unpaired) electrons. The number of carboxylic acids is 1. The Bertz CT molecular complexity index is 542. The van der Waals surface area contributed by atoms with Gasteiger partial charge in [-0.25, -0.2) is 4.79 Å². The zero-order valence-electron chi connectivity index (χ0n) is 11.4. The summed E-state index contributed by atoms with van der Waals surface area (Å²) in [6, 6.07) is 3.38. The molecule has 0 spiro atoms. The van der Waals surface area contributed by atoms with Crippen molar-refractivity contribution in [3.63, 3.8) is 0 Å². The minimum atomic E-state index is -4.50. The van der Waals surface area contributed by atoms with Gasteiger partial charge in [0.1, 0.15) is 0 Å². The van der Waals surface area contributed by atoms with Crippen molar-refractivity contribution < 1.29 is 27.9 Å². The summed E-state index contributed by atoms with van der Waals surface area (Å²) < 4.78 is 37.6. The van der Waals surface area contributed by atoms with Crippen LogP contribution in [-0.2, 0) is 11.0 Å². The Morgan fingerprint density at radius 1 is 1.24 bits per heavy atom. The molecule has 0 fully saturated rings. The Morgan fingerprint density at radius 2 is 1.86 bits per heavy atom. The third kappa shape index (κ3) is 5.72. The van der Waals surface area contributed by atoms with Crippen LogP contribution in [-0.4, -0.2) is 22.6 Å². The fourth-order valence-corrected chi connectivity index (χ4v) is 1.67. The van der Waals surface area contributed by atoms with Crippen LogP contribution in [0.25, 0.3) is 0 Å². The number of amides is 2. The normalized spacial score (nSPS) is 11.9. The molecular formula is C13H15F3N2O3. The van der Waals surface area contributed by atoms with Gasteiger partial charge in [-0.05, 0) is 32.0 Å². The number of benzene rings is 1. The summed E-state index contributed by atoms with van der Waals surface area (Å²) in [7, 11) is 0. The summed E-state index contributed by atoms with van der Waals surface area (Å²) in [4.78, 5) is 22.3. The number of nitrogens with one attached hydrogen (secondary N) is 2. The second kappa shape index (κ2) is 6.02. The van der Waals surface area contributed by atoms with Crippen LogP contribution in [0.15, 0.2) is 24.3 Å². The number of rotatable bonds is 4. The smallest absolute Gasteiger partial charge is 0.416 e. The number of carbonyl (C=O) groups excluding carboxylic acids is 1.